The largest absolute Gasteiger partial charge is 0.286 e. The Labute approximate surface area is 140 Å². The Bertz CT molecular complexity index is 978. The van der Waals surface area contributed by atoms with Crippen molar-refractivity contribution in [3.8, 4) is 0 Å². The van der Waals surface area contributed by atoms with E-state index >= 15 is 0 Å². The monoisotopic (exact) mass is 320 g/mol. The quantitative estimate of drug-likeness (QED) is 0.580. The lowest BCUT2D eigenvalue weighted by Crippen LogP contribution is -2.21. The highest BCUT2D eigenvalue weighted by atomic mass is 15.4. The fraction of sp³-hybridized carbons (Fsp3) is 0.333. The van der Waals surface area contributed by atoms with E-state index in [2.05, 4.69) is 65.6 Å². The number of nitrogens with zero attached hydrogens (tertiary/aromatic N) is 6. The molecule has 24 heavy (non-hydrogen) atoms. The van der Waals surface area contributed by atoms with Crippen LogP contribution in [0.5, 0.6) is 0 Å². The molecule has 0 amide bonds. The maximum Gasteiger partial charge on any atom is 0.161 e. The van der Waals surface area contributed by atoms with Crippen LogP contribution in [0.25, 0.3) is 11.2 Å². The number of fused-ring (bicyclic) bond motifs is 2. The summed E-state index contributed by atoms with van der Waals surface area (Å²) in [7, 11) is 0. The smallest absolute Gasteiger partial charge is 0.161 e. The number of aryl methyl sites for hydroxylation is 1. The first-order valence-electron chi connectivity index (χ1n) is 8.21. The second-order valence-electron chi connectivity index (χ2n) is 6.76. The second kappa shape index (κ2) is 5.40. The summed E-state index contributed by atoms with van der Waals surface area (Å²) in [5, 5.41) is 17.4. The Balaban J connectivity index is 1.67. The number of hydrogen-bond acceptors (Lipinski definition) is 4. The third-order valence-electron chi connectivity index (χ3n) is 4.45. The molecular formula is C18H20N6. The van der Waals surface area contributed by atoms with Crippen LogP contribution < -0.4 is 0 Å². The van der Waals surface area contributed by atoms with Gasteiger partial charge in [-0.3, -0.25) is 4.40 Å². The van der Waals surface area contributed by atoms with E-state index in [1.54, 1.807) is 10.8 Å². The van der Waals surface area contributed by atoms with E-state index in [1.165, 1.54) is 5.56 Å². The van der Waals surface area contributed by atoms with Crippen LogP contribution in [0, 0.1) is 0 Å². The summed E-state index contributed by atoms with van der Waals surface area (Å²) < 4.78 is 3.73. The molecule has 0 aromatic carbocycles. The van der Waals surface area contributed by atoms with Gasteiger partial charge < -0.3 is 0 Å². The van der Waals surface area contributed by atoms with Crippen molar-refractivity contribution in [2.75, 3.05) is 0 Å². The van der Waals surface area contributed by atoms with E-state index in [9.17, 15) is 0 Å². The zero-order valence-corrected chi connectivity index (χ0v) is 14.1. The second-order valence-corrected chi connectivity index (χ2v) is 6.76. The zero-order valence-electron chi connectivity index (χ0n) is 14.1. The summed E-state index contributed by atoms with van der Waals surface area (Å²) in [4.78, 5) is 0. The number of hydrogen-bond donors (Lipinski definition) is 0. The van der Waals surface area contributed by atoms with Gasteiger partial charge in [-0.05, 0) is 42.3 Å². The van der Waals surface area contributed by atoms with Crippen molar-refractivity contribution in [3.05, 3.63) is 59.8 Å². The lowest BCUT2D eigenvalue weighted by atomic mass is 9.83. The molecule has 4 aromatic rings. The summed E-state index contributed by atoms with van der Waals surface area (Å²) in [5.41, 5.74) is 4.09. The summed E-state index contributed by atoms with van der Waals surface area (Å²) in [6, 6.07) is 10.3. The van der Waals surface area contributed by atoms with E-state index < -0.39 is 0 Å². The number of aromatic nitrogens is 6. The Morgan fingerprint density at radius 3 is 2.79 bits per heavy atom. The molecule has 4 rings (SSSR count). The topological polar surface area (TPSA) is 60.4 Å². The van der Waals surface area contributed by atoms with Crippen molar-refractivity contribution in [2.45, 2.75) is 39.0 Å². The summed E-state index contributed by atoms with van der Waals surface area (Å²) >= 11 is 0. The molecule has 0 N–H and O–H groups in total. The number of pyridine rings is 1. The molecule has 122 valence electrons. The molecule has 0 saturated carbocycles. The third kappa shape index (κ3) is 2.44. The van der Waals surface area contributed by atoms with E-state index in [4.69, 9.17) is 0 Å². The summed E-state index contributed by atoms with van der Waals surface area (Å²) in [6.45, 7) is 6.51. The van der Waals surface area contributed by atoms with Gasteiger partial charge >= 0.3 is 0 Å². The van der Waals surface area contributed by atoms with Crippen molar-refractivity contribution >= 4 is 11.2 Å². The van der Waals surface area contributed by atoms with Crippen LogP contribution in [-0.4, -0.2) is 29.4 Å². The summed E-state index contributed by atoms with van der Waals surface area (Å²) in [6.07, 6.45) is 5.56. The normalized spacial score (nSPS) is 12.3. The minimum Gasteiger partial charge on any atom is -0.286 e. The molecule has 0 radical (unpaired) electrons. The average molecular weight is 320 g/mol. The van der Waals surface area contributed by atoms with Gasteiger partial charge in [0.15, 0.2) is 5.65 Å². The van der Waals surface area contributed by atoms with Gasteiger partial charge in [-0.25, -0.2) is 0 Å². The fourth-order valence-electron chi connectivity index (χ4n) is 3.10. The lowest BCUT2D eigenvalue weighted by molar-refractivity contribution is 0.498. The maximum absolute atomic E-state index is 4.63. The first-order chi connectivity index (χ1) is 11.6. The van der Waals surface area contributed by atoms with Crippen LogP contribution in [0.15, 0.2) is 42.7 Å². The highest BCUT2D eigenvalue weighted by molar-refractivity contribution is 5.48. The fourth-order valence-corrected chi connectivity index (χ4v) is 3.10. The SMILES string of the molecule is CCc1nnc2cc(CC(C)(C)c3cc4cccnn4n3)ccn12. The predicted molar refractivity (Wildman–Crippen MR) is 92.1 cm³/mol. The zero-order chi connectivity index (χ0) is 16.7. The van der Waals surface area contributed by atoms with Crippen molar-refractivity contribution in [3.63, 3.8) is 0 Å². The highest BCUT2D eigenvalue weighted by Crippen LogP contribution is 2.27. The van der Waals surface area contributed by atoms with Gasteiger partial charge in [0.2, 0.25) is 0 Å². The van der Waals surface area contributed by atoms with Gasteiger partial charge in [-0.15, -0.1) is 10.2 Å². The van der Waals surface area contributed by atoms with Crippen molar-refractivity contribution < 1.29 is 0 Å². The van der Waals surface area contributed by atoms with Gasteiger partial charge in [0.1, 0.15) is 5.82 Å². The molecule has 4 heterocycles. The van der Waals surface area contributed by atoms with Gasteiger partial charge in [0.25, 0.3) is 0 Å². The van der Waals surface area contributed by atoms with Crippen LogP contribution in [0.1, 0.15) is 37.9 Å². The minimum atomic E-state index is -0.0976. The highest BCUT2D eigenvalue weighted by Gasteiger charge is 2.25. The molecule has 0 spiro atoms. The van der Waals surface area contributed by atoms with Gasteiger partial charge in [-0.1, -0.05) is 20.8 Å². The van der Waals surface area contributed by atoms with E-state index in [0.717, 1.165) is 35.5 Å². The average Bonchev–Trinajstić information content (AvgIpc) is 3.18. The van der Waals surface area contributed by atoms with Crippen LogP contribution in [0.3, 0.4) is 0 Å². The van der Waals surface area contributed by atoms with Crippen molar-refractivity contribution in [1.29, 1.82) is 0 Å². The Hall–Kier alpha value is -2.76. The van der Waals surface area contributed by atoms with Crippen LogP contribution in [0.2, 0.25) is 0 Å². The maximum atomic E-state index is 4.63. The van der Waals surface area contributed by atoms with E-state index in [-0.39, 0.29) is 5.41 Å². The Morgan fingerprint density at radius 2 is 2.00 bits per heavy atom. The molecule has 0 aliphatic rings. The molecular weight excluding hydrogens is 300 g/mol. The molecule has 0 fully saturated rings. The predicted octanol–water partition coefficient (Wildman–Crippen LogP) is 2.85. The molecule has 0 atom stereocenters. The van der Waals surface area contributed by atoms with Gasteiger partial charge in [0.05, 0.1) is 11.2 Å². The molecule has 4 aromatic heterocycles. The Kier molecular flexibility index (Phi) is 3.33. The van der Waals surface area contributed by atoms with Gasteiger partial charge in [-0.2, -0.15) is 14.8 Å². The van der Waals surface area contributed by atoms with E-state index in [0.29, 0.717) is 0 Å². The third-order valence-corrected chi connectivity index (χ3v) is 4.45. The minimum absolute atomic E-state index is 0.0976. The van der Waals surface area contributed by atoms with Gasteiger partial charge in [0, 0.05) is 24.2 Å². The van der Waals surface area contributed by atoms with Crippen molar-refractivity contribution in [1.82, 2.24) is 29.4 Å². The first kappa shape index (κ1) is 14.8. The molecule has 0 aliphatic heterocycles. The molecule has 0 aliphatic carbocycles. The van der Waals surface area contributed by atoms with Crippen LogP contribution in [0.4, 0.5) is 0 Å². The molecule has 6 heteroatoms. The standard InChI is InChI=1S/C18H20N6/c1-4-16-20-21-17-10-13(7-9-23(16)17)12-18(2,3)15-11-14-6-5-8-19-24(14)22-15/h5-11H,4,12H2,1-3H3. The van der Waals surface area contributed by atoms with Crippen LogP contribution >= 0.6 is 0 Å². The Morgan fingerprint density at radius 1 is 1.12 bits per heavy atom. The number of rotatable bonds is 4. The molecule has 0 saturated heterocycles. The lowest BCUT2D eigenvalue weighted by Gasteiger charge is -2.22. The van der Waals surface area contributed by atoms with Crippen molar-refractivity contribution in [2.24, 2.45) is 0 Å². The summed E-state index contributed by atoms with van der Waals surface area (Å²) in [5.74, 6) is 0.988. The van der Waals surface area contributed by atoms with Crippen LogP contribution in [-0.2, 0) is 18.3 Å². The van der Waals surface area contributed by atoms with E-state index in [1.807, 2.05) is 16.5 Å². The first-order valence-corrected chi connectivity index (χ1v) is 8.21. The molecule has 0 bridgehead atoms. The molecule has 6 nitrogen and oxygen atoms in total. The molecule has 0 unspecified atom stereocenters.